The van der Waals surface area contributed by atoms with Crippen molar-refractivity contribution in [3.05, 3.63) is 87.8 Å². The predicted octanol–water partition coefficient (Wildman–Crippen LogP) is 4.70. The molecular weight excluding hydrogens is 388 g/mol. The maximum atomic E-state index is 12.2. The molecule has 0 aliphatic heterocycles. The Hall–Kier alpha value is -2.90. The molecule has 3 aromatic heterocycles. The molecule has 5 nitrogen and oxygen atoms in total. The third-order valence-electron chi connectivity index (χ3n) is 4.53. The Balaban J connectivity index is 1.55. The zero-order chi connectivity index (χ0) is 19.1. The molecule has 138 valence electrons. The molecule has 2 aromatic carbocycles. The number of hydrogen-bond acceptors (Lipinski definition) is 5. The van der Waals surface area contributed by atoms with E-state index >= 15 is 0 Å². The maximum absolute atomic E-state index is 12.2. The minimum Gasteiger partial charge on any atom is -0.287 e. The van der Waals surface area contributed by atoms with Gasteiger partial charge < -0.3 is 0 Å². The lowest BCUT2D eigenvalue weighted by molar-refractivity contribution is 0.916. The summed E-state index contributed by atoms with van der Waals surface area (Å²) in [6.45, 7) is 2.08. The molecule has 0 radical (unpaired) electrons. The minimum absolute atomic E-state index is 0.0473. The summed E-state index contributed by atoms with van der Waals surface area (Å²) in [6, 6.07) is 18.1. The molecule has 7 heteroatoms. The SMILES string of the molecule is Cc1ccc(-n2c(SCc3cc(=O)n4ccsc4n3)nc3ccccc32)cc1. The number of thioether (sulfide) groups is 1. The standard InChI is InChI=1S/C21H16N4OS2/c1-14-6-8-16(9-7-14)25-18-5-3-2-4-17(18)23-21(25)28-13-15-12-19(26)24-10-11-27-20(24)22-15/h2-12H,13H2,1H3. The van der Waals surface area contributed by atoms with Crippen LogP contribution in [0.3, 0.4) is 0 Å². The average molecular weight is 405 g/mol. The molecule has 0 spiro atoms. The van der Waals surface area contributed by atoms with Crippen LogP contribution in [-0.2, 0) is 5.75 Å². The molecule has 5 rings (SSSR count). The Kier molecular flexibility index (Phi) is 4.26. The number of fused-ring (bicyclic) bond motifs is 2. The van der Waals surface area contributed by atoms with Crippen molar-refractivity contribution >= 4 is 39.1 Å². The van der Waals surface area contributed by atoms with Crippen LogP contribution in [0.15, 0.2) is 76.1 Å². The third kappa shape index (κ3) is 3.02. The first-order chi connectivity index (χ1) is 13.7. The molecule has 0 bridgehead atoms. The number of nitrogens with zero attached hydrogens (tertiary/aromatic N) is 4. The van der Waals surface area contributed by atoms with E-state index in [4.69, 9.17) is 4.98 Å². The van der Waals surface area contributed by atoms with Crippen molar-refractivity contribution in [3.63, 3.8) is 0 Å². The summed E-state index contributed by atoms with van der Waals surface area (Å²) in [5, 5.41) is 2.76. The number of imidazole rings is 1. The van der Waals surface area contributed by atoms with E-state index < -0.39 is 0 Å². The van der Waals surface area contributed by atoms with Crippen LogP contribution in [0.5, 0.6) is 0 Å². The largest absolute Gasteiger partial charge is 0.287 e. The van der Waals surface area contributed by atoms with Crippen LogP contribution in [0.2, 0.25) is 0 Å². The van der Waals surface area contributed by atoms with E-state index in [0.29, 0.717) is 5.75 Å². The molecule has 0 saturated carbocycles. The number of aromatic nitrogens is 4. The van der Waals surface area contributed by atoms with Crippen LogP contribution in [-0.4, -0.2) is 18.9 Å². The van der Waals surface area contributed by atoms with E-state index in [2.05, 4.69) is 46.8 Å². The van der Waals surface area contributed by atoms with Crippen LogP contribution in [0.1, 0.15) is 11.3 Å². The second kappa shape index (κ2) is 6.92. The number of aryl methyl sites for hydroxylation is 1. The Morgan fingerprint density at radius 3 is 2.75 bits per heavy atom. The van der Waals surface area contributed by atoms with Crippen molar-refractivity contribution in [2.75, 3.05) is 0 Å². The molecule has 0 aliphatic rings. The molecule has 0 atom stereocenters. The molecule has 5 aromatic rings. The van der Waals surface area contributed by atoms with E-state index in [1.807, 2.05) is 23.6 Å². The zero-order valence-electron chi connectivity index (χ0n) is 15.1. The van der Waals surface area contributed by atoms with Gasteiger partial charge in [-0.2, -0.15) is 0 Å². The summed E-state index contributed by atoms with van der Waals surface area (Å²) >= 11 is 3.05. The molecule has 0 N–H and O–H groups in total. The van der Waals surface area contributed by atoms with Crippen LogP contribution in [0, 0.1) is 6.92 Å². The quantitative estimate of drug-likeness (QED) is 0.408. The summed E-state index contributed by atoms with van der Waals surface area (Å²) in [4.78, 5) is 22.4. The summed E-state index contributed by atoms with van der Waals surface area (Å²) in [6.07, 6.45) is 1.75. The van der Waals surface area contributed by atoms with Crippen LogP contribution < -0.4 is 5.56 Å². The van der Waals surface area contributed by atoms with Gasteiger partial charge in [0.15, 0.2) is 10.1 Å². The van der Waals surface area contributed by atoms with E-state index in [0.717, 1.165) is 32.5 Å². The molecule has 0 unspecified atom stereocenters. The van der Waals surface area contributed by atoms with Crippen molar-refractivity contribution < 1.29 is 0 Å². The first-order valence-electron chi connectivity index (χ1n) is 8.82. The monoisotopic (exact) mass is 404 g/mol. The molecule has 28 heavy (non-hydrogen) atoms. The van der Waals surface area contributed by atoms with Gasteiger partial charge in [0, 0.05) is 29.1 Å². The first-order valence-corrected chi connectivity index (χ1v) is 10.7. The summed E-state index contributed by atoms with van der Waals surface area (Å²) in [7, 11) is 0. The Morgan fingerprint density at radius 2 is 1.89 bits per heavy atom. The molecule has 0 aliphatic carbocycles. The fraction of sp³-hybridized carbons (Fsp3) is 0.0952. The average Bonchev–Trinajstić information content (AvgIpc) is 3.32. The van der Waals surface area contributed by atoms with E-state index in [1.54, 1.807) is 28.4 Å². The Morgan fingerprint density at radius 1 is 1.07 bits per heavy atom. The molecular formula is C21H16N4OS2. The summed E-state index contributed by atoms with van der Waals surface area (Å²) in [5.74, 6) is 0.582. The first kappa shape index (κ1) is 17.2. The Bertz CT molecular complexity index is 1350. The fourth-order valence-electron chi connectivity index (χ4n) is 3.14. The summed E-state index contributed by atoms with van der Waals surface area (Å²) in [5.41, 5.74) is 5.02. The van der Waals surface area contributed by atoms with Crippen molar-refractivity contribution in [1.29, 1.82) is 0 Å². The lowest BCUT2D eigenvalue weighted by Crippen LogP contribution is -2.12. The number of benzene rings is 2. The topological polar surface area (TPSA) is 52.2 Å². The van der Waals surface area contributed by atoms with Crippen molar-refractivity contribution in [3.8, 4) is 5.69 Å². The van der Waals surface area contributed by atoms with Gasteiger partial charge in [0.05, 0.1) is 16.7 Å². The minimum atomic E-state index is -0.0473. The van der Waals surface area contributed by atoms with Gasteiger partial charge in [-0.15, -0.1) is 11.3 Å². The van der Waals surface area contributed by atoms with E-state index in [9.17, 15) is 4.79 Å². The fourth-order valence-corrected chi connectivity index (χ4v) is 4.80. The van der Waals surface area contributed by atoms with E-state index in [1.165, 1.54) is 16.9 Å². The maximum Gasteiger partial charge on any atom is 0.258 e. The van der Waals surface area contributed by atoms with Crippen molar-refractivity contribution in [2.45, 2.75) is 17.8 Å². The molecule has 0 amide bonds. The van der Waals surface area contributed by atoms with E-state index in [-0.39, 0.29) is 5.56 Å². The van der Waals surface area contributed by atoms with Crippen LogP contribution in [0.4, 0.5) is 0 Å². The number of rotatable bonds is 4. The lowest BCUT2D eigenvalue weighted by Gasteiger charge is -2.09. The number of thiazole rings is 1. The molecule has 0 saturated heterocycles. The number of hydrogen-bond donors (Lipinski definition) is 0. The van der Waals surface area contributed by atoms with Crippen molar-refractivity contribution in [1.82, 2.24) is 18.9 Å². The molecule has 0 fully saturated rings. The van der Waals surface area contributed by atoms with Gasteiger partial charge in [0.1, 0.15) is 0 Å². The normalized spacial score (nSPS) is 11.5. The van der Waals surface area contributed by atoms with Gasteiger partial charge in [-0.1, -0.05) is 41.6 Å². The van der Waals surface area contributed by atoms with Gasteiger partial charge in [0.25, 0.3) is 5.56 Å². The van der Waals surface area contributed by atoms with Crippen LogP contribution >= 0.6 is 23.1 Å². The highest BCUT2D eigenvalue weighted by Gasteiger charge is 2.14. The zero-order valence-corrected chi connectivity index (χ0v) is 16.7. The third-order valence-corrected chi connectivity index (χ3v) is 6.26. The predicted molar refractivity (Wildman–Crippen MR) is 115 cm³/mol. The van der Waals surface area contributed by atoms with Gasteiger partial charge >= 0.3 is 0 Å². The highest BCUT2D eigenvalue weighted by atomic mass is 32.2. The van der Waals surface area contributed by atoms with Gasteiger partial charge in [0.2, 0.25) is 0 Å². The highest BCUT2D eigenvalue weighted by molar-refractivity contribution is 7.98. The lowest BCUT2D eigenvalue weighted by atomic mass is 10.2. The van der Waals surface area contributed by atoms with Gasteiger partial charge in [-0.25, -0.2) is 9.97 Å². The van der Waals surface area contributed by atoms with Crippen molar-refractivity contribution in [2.24, 2.45) is 0 Å². The smallest absolute Gasteiger partial charge is 0.258 e. The second-order valence-corrected chi connectivity index (χ2v) is 8.30. The Labute approximate surface area is 169 Å². The molecule has 3 heterocycles. The summed E-state index contributed by atoms with van der Waals surface area (Å²) < 4.78 is 3.73. The number of para-hydroxylation sites is 2. The van der Waals surface area contributed by atoms with Crippen LogP contribution in [0.25, 0.3) is 21.7 Å². The highest BCUT2D eigenvalue weighted by Crippen LogP contribution is 2.29. The van der Waals surface area contributed by atoms with Gasteiger partial charge in [-0.3, -0.25) is 13.8 Å². The van der Waals surface area contributed by atoms with Gasteiger partial charge in [-0.05, 0) is 31.2 Å². The second-order valence-electron chi connectivity index (χ2n) is 6.48.